The average Bonchev–Trinajstić information content (AvgIpc) is 2.37. The fraction of sp³-hybridized carbons (Fsp3) is 0.500. The second-order valence-electron chi connectivity index (χ2n) is 4.89. The minimum absolute atomic E-state index is 0.0423. The molecule has 7 heteroatoms. The first-order valence-electron chi connectivity index (χ1n) is 6.63. The van der Waals surface area contributed by atoms with Gasteiger partial charge in [-0.3, -0.25) is 4.79 Å². The van der Waals surface area contributed by atoms with E-state index in [1.54, 1.807) is 20.8 Å². The maximum Gasteiger partial charge on any atom is 0.321 e. The van der Waals surface area contributed by atoms with Crippen molar-refractivity contribution in [2.24, 2.45) is 0 Å². The van der Waals surface area contributed by atoms with Gasteiger partial charge in [-0.25, -0.2) is 8.42 Å². The van der Waals surface area contributed by atoms with E-state index in [4.69, 9.17) is 9.84 Å². The third kappa shape index (κ3) is 4.18. The molecule has 1 unspecified atom stereocenters. The largest absolute Gasteiger partial charge is 0.496 e. The summed E-state index contributed by atoms with van der Waals surface area (Å²) in [5.74, 6) is -0.556. The van der Waals surface area contributed by atoms with E-state index in [2.05, 4.69) is 4.72 Å². The Bertz CT molecular complexity index is 601. The normalized spacial score (nSPS) is 13.0. The van der Waals surface area contributed by atoms with Gasteiger partial charge in [0.1, 0.15) is 11.8 Å². The second kappa shape index (κ2) is 6.91. The van der Waals surface area contributed by atoms with Crippen LogP contribution >= 0.6 is 0 Å². The predicted octanol–water partition coefficient (Wildman–Crippen LogP) is 1.84. The Morgan fingerprint density at radius 3 is 2.24 bits per heavy atom. The topological polar surface area (TPSA) is 92.7 Å². The molecule has 0 aliphatic heterocycles. The molecular formula is C14H21NO5S. The molecule has 0 radical (unpaired) electrons. The van der Waals surface area contributed by atoms with Gasteiger partial charge in [0.05, 0.1) is 12.0 Å². The maximum atomic E-state index is 12.3. The minimum Gasteiger partial charge on any atom is -0.496 e. The smallest absolute Gasteiger partial charge is 0.321 e. The number of ether oxygens (including phenoxy) is 1. The summed E-state index contributed by atoms with van der Waals surface area (Å²) in [6.07, 6.45) is 0.808. The van der Waals surface area contributed by atoms with Gasteiger partial charge in [-0.2, -0.15) is 4.72 Å². The van der Waals surface area contributed by atoms with Gasteiger partial charge < -0.3 is 9.84 Å². The standard InChI is InChI=1S/C14H21NO5S/c1-5-6-12(14(16)17)15-21(18,19)11-7-9(2)13(20-4)10(3)8-11/h7-8,12,15H,5-6H2,1-4H3,(H,16,17). The van der Waals surface area contributed by atoms with Crippen molar-refractivity contribution in [1.29, 1.82) is 0 Å². The Balaban J connectivity index is 3.16. The minimum atomic E-state index is -3.88. The molecule has 6 nitrogen and oxygen atoms in total. The molecule has 21 heavy (non-hydrogen) atoms. The number of rotatable bonds is 7. The number of carboxylic acids is 1. The zero-order valence-corrected chi connectivity index (χ0v) is 13.5. The monoisotopic (exact) mass is 315 g/mol. The Hall–Kier alpha value is -1.60. The van der Waals surface area contributed by atoms with Crippen molar-refractivity contribution >= 4 is 16.0 Å². The number of benzene rings is 1. The Kier molecular flexibility index (Phi) is 5.74. The van der Waals surface area contributed by atoms with Crippen molar-refractivity contribution in [3.8, 4) is 5.75 Å². The van der Waals surface area contributed by atoms with Gasteiger partial charge in [0.15, 0.2) is 0 Å². The molecule has 1 atom stereocenters. The summed E-state index contributed by atoms with van der Waals surface area (Å²) in [6, 6.07) is 1.82. The Morgan fingerprint density at radius 2 is 1.86 bits per heavy atom. The molecule has 0 aliphatic rings. The number of hydrogen-bond donors (Lipinski definition) is 2. The first-order chi connectivity index (χ1) is 9.72. The first-order valence-corrected chi connectivity index (χ1v) is 8.11. The molecule has 0 heterocycles. The van der Waals surface area contributed by atoms with E-state index in [9.17, 15) is 13.2 Å². The maximum absolute atomic E-state index is 12.3. The number of hydrogen-bond acceptors (Lipinski definition) is 4. The zero-order chi connectivity index (χ0) is 16.2. The highest BCUT2D eigenvalue weighted by Crippen LogP contribution is 2.26. The highest BCUT2D eigenvalue weighted by atomic mass is 32.2. The molecule has 0 saturated carbocycles. The molecule has 0 spiro atoms. The van der Waals surface area contributed by atoms with Gasteiger partial charge in [0.2, 0.25) is 10.0 Å². The molecule has 2 N–H and O–H groups in total. The second-order valence-corrected chi connectivity index (χ2v) is 6.61. The molecule has 0 fully saturated rings. The summed E-state index contributed by atoms with van der Waals surface area (Å²) in [7, 11) is -2.37. The summed E-state index contributed by atoms with van der Waals surface area (Å²) in [5.41, 5.74) is 1.36. The lowest BCUT2D eigenvalue weighted by Gasteiger charge is -2.16. The van der Waals surface area contributed by atoms with Crippen LogP contribution in [0.25, 0.3) is 0 Å². The SMILES string of the molecule is CCCC(NS(=O)(=O)c1cc(C)c(OC)c(C)c1)C(=O)O. The number of carbonyl (C=O) groups is 1. The van der Waals surface area contributed by atoms with Crippen molar-refractivity contribution in [2.45, 2.75) is 44.6 Å². The van der Waals surface area contributed by atoms with E-state index in [1.165, 1.54) is 19.2 Å². The average molecular weight is 315 g/mol. The number of nitrogens with one attached hydrogen (secondary N) is 1. The van der Waals surface area contributed by atoms with Crippen molar-refractivity contribution < 1.29 is 23.1 Å². The van der Waals surface area contributed by atoms with Crippen LogP contribution in [0.5, 0.6) is 5.75 Å². The molecule has 0 aromatic heterocycles. The fourth-order valence-electron chi connectivity index (χ4n) is 2.16. The number of aliphatic carboxylic acids is 1. The van der Waals surface area contributed by atoms with E-state index in [-0.39, 0.29) is 11.3 Å². The van der Waals surface area contributed by atoms with Crippen LogP contribution in [0.2, 0.25) is 0 Å². The molecule has 1 aromatic carbocycles. The van der Waals surface area contributed by atoms with E-state index in [0.717, 1.165) is 0 Å². The van der Waals surface area contributed by atoms with Gasteiger partial charge in [-0.1, -0.05) is 13.3 Å². The quantitative estimate of drug-likeness (QED) is 0.801. The molecule has 1 rings (SSSR count). The lowest BCUT2D eigenvalue weighted by Crippen LogP contribution is -2.40. The lowest BCUT2D eigenvalue weighted by atomic mass is 10.1. The van der Waals surface area contributed by atoms with Crippen molar-refractivity contribution in [1.82, 2.24) is 4.72 Å². The van der Waals surface area contributed by atoms with Crippen molar-refractivity contribution in [3.63, 3.8) is 0 Å². The zero-order valence-electron chi connectivity index (χ0n) is 12.6. The number of carboxylic acid groups (broad SMARTS) is 1. The summed E-state index contributed by atoms with van der Waals surface area (Å²) in [4.78, 5) is 11.1. The van der Waals surface area contributed by atoms with Crippen LogP contribution < -0.4 is 9.46 Å². The summed E-state index contributed by atoms with van der Waals surface area (Å²) < 4.78 is 32.0. The fourth-order valence-corrected chi connectivity index (χ4v) is 3.56. The molecule has 0 bridgehead atoms. The van der Waals surface area contributed by atoms with Crippen LogP contribution in [-0.2, 0) is 14.8 Å². The highest BCUT2D eigenvalue weighted by molar-refractivity contribution is 7.89. The highest BCUT2D eigenvalue weighted by Gasteiger charge is 2.25. The molecular weight excluding hydrogens is 294 g/mol. The van der Waals surface area contributed by atoms with Crippen LogP contribution in [0.1, 0.15) is 30.9 Å². The van der Waals surface area contributed by atoms with Crippen LogP contribution in [0.15, 0.2) is 17.0 Å². The summed E-state index contributed by atoms with van der Waals surface area (Å²) in [5, 5.41) is 9.06. The van der Waals surface area contributed by atoms with E-state index >= 15 is 0 Å². The number of sulfonamides is 1. The lowest BCUT2D eigenvalue weighted by molar-refractivity contribution is -0.139. The van der Waals surface area contributed by atoms with E-state index < -0.39 is 22.0 Å². The number of methoxy groups -OCH3 is 1. The number of aryl methyl sites for hydroxylation is 2. The van der Waals surface area contributed by atoms with Crippen LogP contribution in [0, 0.1) is 13.8 Å². The van der Waals surface area contributed by atoms with E-state index in [1.807, 2.05) is 0 Å². The van der Waals surface area contributed by atoms with Crippen LogP contribution in [0.3, 0.4) is 0 Å². The van der Waals surface area contributed by atoms with Gasteiger partial charge in [0, 0.05) is 0 Å². The molecule has 118 valence electrons. The van der Waals surface area contributed by atoms with Crippen LogP contribution in [0.4, 0.5) is 0 Å². The molecule has 0 saturated heterocycles. The van der Waals surface area contributed by atoms with Gasteiger partial charge in [0.25, 0.3) is 0 Å². The summed E-state index contributed by atoms with van der Waals surface area (Å²) in [6.45, 7) is 5.28. The summed E-state index contributed by atoms with van der Waals surface area (Å²) >= 11 is 0. The third-order valence-corrected chi connectivity index (χ3v) is 4.57. The van der Waals surface area contributed by atoms with Crippen molar-refractivity contribution in [3.05, 3.63) is 23.3 Å². The third-order valence-electron chi connectivity index (χ3n) is 3.12. The van der Waals surface area contributed by atoms with Crippen molar-refractivity contribution in [2.75, 3.05) is 7.11 Å². The van der Waals surface area contributed by atoms with E-state index in [0.29, 0.717) is 23.3 Å². The van der Waals surface area contributed by atoms with Gasteiger partial charge in [-0.05, 0) is 43.5 Å². The molecule has 1 aromatic rings. The van der Waals surface area contributed by atoms with Crippen LogP contribution in [-0.4, -0.2) is 32.6 Å². The first kappa shape index (κ1) is 17.5. The Morgan fingerprint density at radius 1 is 1.33 bits per heavy atom. The van der Waals surface area contributed by atoms with Gasteiger partial charge >= 0.3 is 5.97 Å². The van der Waals surface area contributed by atoms with Gasteiger partial charge in [-0.15, -0.1) is 0 Å². The predicted molar refractivity (Wildman–Crippen MR) is 79.1 cm³/mol. The molecule has 0 aliphatic carbocycles. The molecule has 0 amide bonds. The Labute approximate surface area is 125 Å².